The van der Waals surface area contributed by atoms with Crippen molar-refractivity contribution in [2.45, 2.75) is 9.79 Å². The molecule has 0 bridgehead atoms. The summed E-state index contributed by atoms with van der Waals surface area (Å²) in [5.74, 6) is 0.183. The van der Waals surface area contributed by atoms with Crippen LogP contribution in [0.5, 0.6) is 0 Å². The van der Waals surface area contributed by atoms with Crippen molar-refractivity contribution in [3.63, 3.8) is 0 Å². The fourth-order valence-electron chi connectivity index (χ4n) is 1.98. The highest BCUT2D eigenvalue weighted by atomic mass is 35.5. The predicted molar refractivity (Wildman–Crippen MR) is 88.1 cm³/mol. The summed E-state index contributed by atoms with van der Waals surface area (Å²) in [6, 6.07) is 11.2. The molecule has 1 aliphatic rings. The fourth-order valence-corrected chi connectivity index (χ4v) is 4.11. The van der Waals surface area contributed by atoms with Crippen molar-refractivity contribution in [3.8, 4) is 0 Å². The molecule has 1 heterocycles. The molecular formula is C14H11ClN2O3S2. The molecule has 0 atom stereocenters. The minimum absolute atomic E-state index is 0.0639. The molecule has 2 aromatic carbocycles. The highest BCUT2D eigenvalue weighted by Gasteiger charge is 2.21. The van der Waals surface area contributed by atoms with Gasteiger partial charge in [0.2, 0.25) is 5.91 Å². The second-order valence-corrected chi connectivity index (χ2v) is 7.69. The minimum Gasteiger partial charge on any atom is -0.324 e. The summed E-state index contributed by atoms with van der Waals surface area (Å²) in [5.41, 5.74) is 0.809. The van der Waals surface area contributed by atoms with E-state index in [2.05, 4.69) is 10.0 Å². The van der Waals surface area contributed by atoms with Crippen LogP contribution < -0.4 is 10.0 Å². The number of amides is 1. The van der Waals surface area contributed by atoms with E-state index in [1.54, 1.807) is 30.3 Å². The van der Waals surface area contributed by atoms with Crippen LogP contribution in [-0.2, 0) is 14.8 Å². The molecule has 5 nitrogen and oxygen atoms in total. The Morgan fingerprint density at radius 3 is 2.73 bits per heavy atom. The summed E-state index contributed by atoms with van der Waals surface area (Å²) < 4.78 is 27.3. The molecule has 3 rings (SSSR count). The van der Waals surface area contributed by atoms with Gasteiger partial charge in [-0.3, -0.25) is 9.52 Å². The number of nitrogens with one attached hydrogen (secondary N) is 2. The molecule has 0 unspecified atom stereocenters. The molecule has 114 valence electrons. The van der Waals surface area contributed by atoms with Crippen LogP contribution in [0, 0.1) is 0 Å². The van der Waals surface area contributed by atoms with Gasteiger partial charge in [-0.05, 0) is 30.3 Å². The van der Waals surface area contributed by atoms with Crippen LogP contribution in [0.25, 0.3) is 0 Å². The number of hydrogen-bond donors (Lipinski definition) is 2. The zero-order valence-corrected chi connectivity index (χ0v) is 13.6. The fraction of sp³-hybridized carbons (Fsp3) is 0.0714. The van der Waals surface area contributed by atoms with Crippen molar-refractivity contribution >= 4 is 50.7 Å². The lowest BCUT2D eigenvalue weighted by molar-refractivity contribution is -0.113. The Balaban J connectivity index is 1.94. The Bertz CT molecular complexity index is 853. The maximum absolute atomic E-state index is 12.4. The molecule has 1 aliphatic heterocycles. The molecule has 1 amide bonds. The number of carbonyl (C=O) groups excluding carboxylic acids is 1. The minimum atomic E-state index is -3.78. The summed E-state index contributed by atoms with van der Waals surface area (Å²) in [6.07, 6.45) is 0. The molecular weight excluding hydrogens is 344 g/mol. The summed E-state index contributed by atoms with van der Waals surface area (Å²) >= 11 is 7.34. The Labute approximate surface area is 137 Å². The highest BCUT2D eigenvalue weighted by molar-refractivity contribution is 8.00. The number of sulfonamides is 1. The first-order valence-electron chi connectivity index (χ1n) is 6.30. The van der Waals surface area contributed by atoms with E-state index < -0.39 is 10.0 Å². The lowest BCUT2D eigenvalue weighted by Crippen LogP contribution is -2.20. The summed E-state index contributed by atoms with van der Waals surface area (Å²) in [4.78, 5) is 12.3. The monoisotopic (exact) mass is 354 g/mol. The molecule has 0 saturated carbocycles. The third-order valence-corrected chi connectivity index (χ3v) is 5.78. The number of anilines is 2. The lowest BCUT2D eigenvalue weighted by Gasteiger charge is -2.17. The molecule has 8 heteroatoms. The first-order chi connectivity index (χ1) is 10.5. The van der Waals surface area contributed by atoms with E-state index in [9.17, 15) is 13.2 Å². The average molecular weight is 355 g/mol. The molecule has 2 aromatic rings. The van der Waals surface area contributed by atoms with Crippen LogP contribution in [0.1, 0.15) is 0 Å². The van der Waals surface area contributed by atoms with Crippen molar-refractivity contribution in [2.24, 2.45) is 0 Å². The molecule has 0 saturated heterocycles. The molecule has 0 spiro atoms. The Morgan fingerprint density at radius 1 is 1.18 bits per heavy atom. The number of rotatable bonds is 3. The number of para-hydroxylation sites is 1. The smallest absolute Gasteiger partial charge is 0.262 e. The van der Waals surface area contributed by atoms with Crippen molar-refractivity contribution in [2.75, 3.05) is 15.8 Å². The van der Waals surface area contributed by atoms with Gasteiger partial charge in [0.1, 0.15) is 0 Å². The van der Waals surface area contributed by atoms with Crippen LogP contribution >= 0.6 is 23.4 Å². The third kappa shape index (κ3) is 3.06. The van der Waals surface area contributed by atoms with E-state index in [0.717, 1.165) is 4.90 Å². The standard InChI is InChI=1S/C14H11ClN2O3S2/c15-10-3-1-2-4-11(10)17-22(19,20)9-5-6-13-12(7-9)16-14(18)8-21-13/h1-7,17H,8H2,(H,16,18). The molecule has 0 aliphatic carbocycles. The summed E-state index contributed by atoms with van der Waals surface area (Å²) in [6.45, 7) is 0. The van der Waals surface area contributed by atoms with Gasteiger partial charge >= 0.3 is 0 Å². The zero-order valence-electron chi connectivity index (χ0n) is 11.2. The number of carbonyl (C=O) groups is 1. The van der Waals surface area contributed by atoms with E-state index in [4.69, 9.17) is 11.6 Å². The summed E-state index contributed by atoms with van der Waals surface area (Å²) in [7, 11) is -3.78. The van der Waals surface area contributed by atoms with Crippen LogP contribution in [-0.4, -0.2) is 20.1 Å². The first kappa shape index (κ1) is 15.2. The molecule has 22 heavy (non-hydrogen) atoms. The van der Waals surface area contributed by atoms with Gasteiger partial charge in [-0.1, -0.05) is 23.7 Å². The lowest BCUT2D eigenvalue weighted by atomic mass is 10.3. The average Bonchev–Trinajstić information content (AvgIpc) is 2.48. The van der Waals surface area contributed by atoms with Gasteiger partial charge < -0.3 is 5.32 Å². The normalized spacial score (nSPS) is 14.1. The van der Waals surface area contributed by atoms with Gasteiger partial charge in [-0.15, -0.1) is 11.8 Å². The van der Waals surface area contributed by atoms with E-state index in [1.807, 2.05) is 0 Å². The van der Waals surface area contributed by atoms with Crippen LogP contribution in [0.4, 0.5) is 11.4 Å². The van der Waals surface area contributed by atoms with Gasteiger partial charge in [0.15, 0.2) is 0 Å². The second-order valence-electron chi connectivity index (χ2n) is 4.58. The molecule has 0 radical (unpaired) electrons. The van der Waals surface area contributed by atoms with Gasteiger partial charge in [-0.25, -0.2) is 8.42 Å². The quantitative estimate of drug-likeness (QED) is 0.887. The maximum Gasteiger partial charge on any atom is 0.262 e. The van der Waals surface area contributed by atoms with Gasteiger partial charge in [0, 0.05) is 4.90 Å². The molecule has 2 N–H and O–H groups in total. The Morgan fingerprint density at radius 2 is 1.95 bits per heavy atom. The van der Waals surface area contributed by atoms with Crippen molar-refractivity contribution in [3.05, 3.63) is 47.5 Å². The molecule has 0 fully saturated rings. The zero-order chi connectivity index (χ0) is 15.7. The number of halogens is 1. The number of thioether (sulfide) groups is 1. The molecule has 0 aromatic heterocycles. The van der Waals surface area contributed by atoms with Gasteiger partial charge in [-0.2, -0.15) is 0 Å². The predicted octanol–water partition coefficient (Wildman–Crippen LogP) is 3.19. The van der Waals surface area contributed by atoms with Crippen LogP contribution in [0.3, 0.4) is 0 Å². The number of benzene rings is 2. The van der Waals surface area contributed by atoms with Gasteiger partial charge in [0.25, 0.3) is 10.0 Å². The van der Waals surface area contributed by atoms with Crippen molar-refractivity contribution in [1.82, 2.24) is 0 Å². The van der Waals surface area contributed by atoms with E-state index in [1.165, 1.54) is 23.9 Å². The van der Waals surface area contributed by atoms with Crippen molar-refractivity contribution in [1.29, 1.82) is 0 Å². The van der Waals surface area contributed by atoms with Crippen LogP contribution in [0.15, 0.2) is 52.3 Å². The van der Waals surface area contributed by atoms with Gasteiger partial charge in [0.05, 0.1) is 27.0 Å². The maximum atomic E-state index is 12.4. The number of hydrogen-bond acceptors (Lipinski definition) is 4. The number of fused-ring (bicyclic) bond motifs is 1. The van der Waals surface area contributed by atoms with E-state index in [-0.39, 0.29) is 10.8 Å². The largest absolute Gasteiger partial charge is 0.324 e. The third-order valence-electron chi connectivity index (χ3n) is 3.01. The second kappa shape index (κ2) is 5.83. The van der Waals surface area contributed by atoms with E-state index in [0.29, 0.717) is 22.2 Å². The van der Waals surface area contributed by atoms with Crippen LogP contribution in [0.2, 0.25) is 5.02 Å². The first-order valence-corrected chi connectivity index (χ1v) is 9.14. The SMILES string of the molecule is O=C1CSc2ccc(S(=O)(=O)Nc3ccccc3Cl)cc2N1. The Kier molecular flexibility index (Phi) is 4.03. The van der Waals surface area contributed by atoms with E-state index >= 15 is 0 Å². The summed E-state index contributed by atoms with van der Waals surface area (Å²) in [5, 5.41) is 2.98. The topological polar surface area (TPSA) is 75.3 Å². The Hall–Kier alpha value is -1.70. The van der Waals surface area contributed by atoms with Crippen molar-refractivity contribution < 1.29 is 13.2 Å². The highest BCUT2D eigenvalue weighted by Crippen LogP contribution is 2.33.